The van der Waals surface area contributed by atoms with Crippen LogP contribution in [0.5, 0.6) is 5.75 Å². The van der Waals surface area contributed by atoms with Crippen molar-refractivity contribution in [1.82, 2.24) is 4.98 Å². The van der Waals surface area contributed by atoms with Crippen LogP contribution in [0.2, 0.25) is 0 Å². The van der Waals surface area contributed by atoms with Crippen molar-refractivity contribution in [2.45, 2.75) is 6.92 Å². The fourth-order valence-corrected chi connectivity index (χ4v) is 1.31. The third kappa shape index (κ3) is 1.09. The number of hydrogen-bond donors (Lipinski definition) is 1. The minimum Gasteiger partial charge on any atom is -0.394 e. The number of aromatic nitrogens is 1. The van der Waals surface area contributed by atoms with Gasteiger partial charge >= 0.3 is 0 Å². The summed E-state index contributed by atoms with van der Waals surface area (Å²) in [7, 11) is 0. The molecule has 65 valence electrons. The lowest BCUT2D eigenvalue weighted by Crippen LogP contribution is -1.93. The van der Waals surface area contributed by atoms with E-state index in [0.29, 0.717) is 16.6 Å². The smallest absolute Gasteiger partial charge is 0.212 e. The molecular formula is C10H9N2O. The van der Waals surface area contributed by atoms with Gasteiger partial charge in [0.15, 0.2) is 0 Å². The Hall–Kier alpha value is -1.77. The fourth-order valence-electron chi connectivity index (χ4n) is 1.31. The number of nitrogen functional groups attached to an aromatic ring is 1. The van der Waals surface area contributed by atoms with Crippen LogP contribution in [-0.2, 0) is 5.11 Å². The first-order valence-corrected chi connectivity index (χ1v) is 4.02. The van der Waals surface area contributed by atoms with Gasteiger partial charge in [-0.05, 0) is 19.1 Å². The summed E-state index contributed by atoms with van der Waals surface area (Å²) in [6.07, 6.45) is 0. The molecule has 0 spiro atoms. The van der Waals surface area contributed by atoms with Gasteiger partial charge < -0.3 is 5.73 Å². The van der Waals surface area contributed by atoms with E-state index in [9.17, 15) is 5.11 Å². The lowest BCUT2D eigenvalue weighted by atomic mass is 10.1. The van der Waals surface area contributed by atoms with Crippen molar-refractivity contribution in [3.8, 4) is 5.75 Å². The molecular weight excluding hydrogens is 164 g/mol. The number of anilines is 1. The molecule has 0 fully saturated rings. The summed E-state index contributed by atoms with van der Waals surface area (Å²) in [4.78, 5) is 4.21. The lowest BCUT2D eigenvalue weighted by Gasteiger charge is -2.03. The second-order valence-corrected chi connectivity index (χ2v) is 2.96. The van der Waals surface area contributed by atoms with E-state index in [0.717, 1.165) is 0 Å². The first-order chi connectivity index (χ1) is 6.20. The molecule has 1 radical (unpaired) electrons. The largest absolute Gasteiger partial charge is 0.394 e. The van der Waals surface area contributed by atoms with E-state index in [1.165, 1.54) is 0 Å². The highest BCUT2D eigenvalue weighted by molar-refractivity contribution is 5.89. The Kier molecular flexibility index (Phi) is 1.59. The highest BCUT2D eigenvalue weighted by atomic mass is 16.3. The van der Waals surface area contributed by atoms with Gasteiger partial charge in [0.05, 0.1) is 11.2 Å². The Morgan fingerprint density at radius 1 is 1.31 bits per heavy atom. The molecule has 3 heteroatoms. The van der Waals surface area contributed by atoms with Gasteiger partial charge in [-0.25, -0.2) is 0 Å². The molecule has 0 aliphatic heterocycles. The minimum atomic E-state index is -0.122. The molecule has 1 aromatic carbocycles. The van der Waals surface area contributed by atoms with E-state index in [2.05, 4.69) is 4.98 Å². The average molecular weight is 173 g/mol. The van der Waals surface area contributed by atoms with E-state index in [1.54, 1.807) is 19.1 Å². The second kappa shape index (κ2) is 2.62. The molecule has 0 unspecified atom stereocenters. The van der Waals surface area contributed by atoms with Crippen molar-refractivity contribution in [2.24, 2.45) is 0 Å². The standard InChI is InChI=1S/C10H9N2O/c1-6-9(11)10(13)7-4-2-3-5-8(7)12-6/h2-5H,11H2,1H3. The molecule has 0 saturated carbocycles. The van der Waals surface area contributed by atoms with Crippen molar-refractivity contribution >= 4 is 16.6 Å². The normalized spacial score (nSPS) is 10.5. The Morgan fingerprint density at radius 3 is 2.77 bits per heavy atom. The van der Waals surface area contributed by atoms with Gasteiger partial charge in [0.25, 0.3) is 0 Å². The van der Waals surface area contributed by atoms with E-state index in [4.69, 9.17) is 5.73 Å². The van der Waals surface area contributed by atoms with Gasteiger partial charge in [-0.2, -0.15) is 0 Å². The van der Waals surface area contributed by atoms with Crippen LogP contribution in [0.3, 0.4) is 0 Å². The van der Waals surface area contributed by atoms with Gasteiger partial charge in [-0.3, -0.25) is 10.1 Å². The zero-order chi connectivity index (χ0) is 9.42. The Bertz CT molecular complexity index is 466. The van der Waals surface area contributed by atoms with Gasteiger partial charge in [0, 0.05) is 5.39 Å². The van der Waals surface area contributed by atoms with Gasteiger partial charge in [-0.15, -0.1) is 0 Å². The van der Waals surface area contributed by atoms with Gasteiger partial charge in [0.1, 0.15) is 5.69 Å². The molecule has 2 aromatic rings. The number of para-hydroxylation sites is 1. The van der Waals surface area contributed by atoms with Gasteiger partial charge in [-0.1, -0.05) is 12.1 Å². The average Bonchev–Trinajstić information content (AvgIpc) is 2.15. The first kappa shape index (κ1) is 7.86. The Balaban J connectivity index is 2.94. The Labute approximate surface area is 75.8 Å². The summed E-state index contributed by atoms with van der Waals surface area (Å²) in [6, 6.07) is 7.20. The van der Waals surface area contributed by atoms with Crippen LogP contribution >= 0.6 is 0 Å². The van der Waals surface area contributed by atoms with E-state index < -0.39 is 0 Å². The number of rotatable bonds is 0. The molecule has 0 atom stereocenters. The van der Waals surface area contributed by atoms with Crippen molar-refractivity contribution in [2.75, 3.05) is 5.73 Å². The molecule has 0 aliphatic rings. The summed E-state index contributed by atoms with van der Waals surface area (Å²) in [5.74, 6) is -0.122. The van der Waals surface area contributed by atoms with Crippen LogP contribution in [0.4, 0.5) is 5.69 Å². The number of nitrogens with two attached hydrogens (primary N) is 1. The maximum atomic E-state index is 11.6. The summed E-state index contributed by atoms with van der Waals surface area (Å²) in [5.41, 5.74) is 7.13. The first-order valence-electron chi connectivity index (χ1n) is 4.02. The van der Waals surface area contributed by atoms with Crippen LogP contribution < -0.4 is 5.73 Å². The maximum Gasteiger partial charge on any atom is 0.212 e. The van der Waals surface area contributed by atoms with Crippen LogP contribution in [-0.4, -0.2) is 4.98 Å². The number of fused-ring (bicyclic) bond motifs is 1. The topological polar surface area (TPSA) is 58.8 Å². The van der Waals surface area contributed by atoms with E-state index in [1.807, 2.05) is 12.1 Å². The summed E-state index contributed by atoms with van der Waals surface area (Å²) < 4.78 is 0. The highest BCUT2D eigenvalue weighted by Gasteiger charge is 2.09. The molecule has 1 aromatic heterocycles. The van der Waals surface area contributed by atoms with Crippen molar-refractivity contribution in [3.05, 3.63) is 30.0 Å². The van der Waals surface area contributed by atoms with E-state index >= 15 is 0 Å². The minimum absolute atomic E-state index is 0.122. The third-order valence-corrected chi connectivity index (χ3v) is 2.07. The molecule has 2 N–H and O–H groups in total. The quantitative estimate of drug-likeness (QED) is 0.664. The van der Waals surface area contributed by atoms with Crippen molar-refractivity contribution in [1.29, 1.82) is 0 Å². The fraction of sp³-hybridized carbons (Fsp3) is 0.100. The SMILES string of the molecule is Cc1nc2ccccc2c([O])c1N. The number of nitrogens with zero attached hydrogens (tertiary/aromatic N) is 1. The molecule has 0 saturated heterocycles. The number of benzene rings is 1. The molecule has 13 heavy (non-hydrogen) atoms. The number of aryl methyl sites for hydroxylation is 1. The maximum absolute atomic E-state index is 11.6. The molecule has 2 rings (SSSR count). The summed E-state index contributed by atoms with van der Waals surface area (Å²) in [5, 5.41) is 12.2. The zero-order valence-corrected chi connectivity index (χ0v) is 7.24. The van der Waals surface area contributed by atoms with Crippen LogP contribution in [0.1, 0.15) is 5.69 Å². The van der Waals surface area contributed by atoms with Crippen LogP contribution in [0.15, 0.2) is 24.3 Å². The van der Waals surface area contributed by atoms with Crippen molar-refractivity contribution < 1.29 is 5.11 Å². The molecule has 3 nitrogen and oxygen atoms in total. The molecule has 0 bridgehead atoms. The third-order valence-electron chi connectivity index (χ3n) is 2.07. The van der Waals surface area contributed by atoms with Crippen LogP contribution in [0, 0.1) is 6.92 Å². The molecule has 1 heterocycles. The monoisotopic (exact) mass is 173 g/mol. The number of pyridine rings is 1. The summed E-state index contributed by atoms with van der Waals surface area (Å²) >= 11 is 0. The predicted molar refractivity (Wildman–Crippen MR) is 51.0 cm³/mol. The van der Waals surface area contributed by atoms with E-state index in [-0.39, 0.29) is 11.4 Å². The van der Waals surface area contributed by atoms with Gasteiger partial charge in [0.2, 0.25) is 5.75 Å². The van der Waals surface area contributed by atoms with Crippen LogP contribution in [0.25, 0.3) is 10.9 Å². The lowest BCUT2D eigenvalue weighted by molar-refractivity contribution is 0.362. The summed E-state index contributed by atoms with van der Waals surface area (Å²) in [6.45, 7) is 1.74. The molecule has 0 aliphatic carbocycles. The van der Waals surface area contributed by atoms with Crippen molar-refractivity contribution in [3.63, 3.8) is 0 Å². The number of hydrogen-bond acceptors (Lipinski definition) is 2. The molecule has 0 amide bonds. The predicted octanol–water partition coefficient (Wildman–Crippen LogP) is 2.27. The second-order valence-electron chi connectivity index (χ2n) is 2.96. The highest BCUT2D eigenvalue weighted by Crippen LogP contribution is 2.31. The Morgan fingerprint density at radius 2 is 2.00 bits per heavy atom. The zero-order valence-electron chi connectivity index (χ0n) is 7.24.